The Morgan fingerprint density at radius 2 is 1.30 bits per heavy atom. The van der Waals surface area contributed by atoms with Crippen molar-refractivity contribution in [2.75, 3.05) is 16.6 Å². The van der Waals surface area contributed by atoms with E-state index in [9.17, 15) is 4.79 Å². The second kappa shape index (κ2) is 9.59. The molecule has 6 nitrogen and oxygen atoms in total. The van der Waals surface area contributed by atoms with E-state index in [2.05, 4.69) is 24.3 Å². The minimum atomic E-state index is -1.00. The van der Waals surface area contributed by atoms with Crippen LogP contribution in [0.15, 0.2) is 125 Å². The zero-order chi connectivity index (χ0) is 25.2. The second-order valence-corrected chi connectivity index (χ2v) is 9.65. The Bertz CT molecular complexity index is 1490. The molecule has 4 aromatic carbocycles. The molecule has 0 amide bonds. The number of hydrazone groups is 2. The van der Waals surface area contributed by atoms with Gasteiger partial charge in [0.1, 0.15) is 0 Å². The van der Waals surface area contributed by atoms with Crippen molar-refractivity contribution in [1.82, 2.24) is 0 Å². The molecule has 1 atom stereocenters. The zero-order valence-corrected chi connectivity index (χ0v) is 21.0. The van der Waals surface area contributed by atoms with Gasteiger partial charge in [-0.25, -0.2) is 14.8 Å². The maximum absolute atomic E-state index is 13.0. The predicted octanol–water partition coefficient (Wildman–Crippen LogP) is 6.20. The number of para-hydroxylation sites is 2. The summed E-state index contributed by atoms with van der Waals surface area (Å²) in [4.78, 5) is 12.0. The lowest BCUT2D eigenvalue weighted by Crippen LogP contribution is -2.54. The summed E-state index contributed by atoms with van der Waals surface area (Å²) < 4.78 is 5.39. The van der Waals surface area contributed by atoms with Crippen molar-refractivity contribution in [3.63, 3.8) is 0 Å². The van der Waals surface area contributed by atoms with Crippen LogP contribution in [0, 0.1) is 0 Å². The first-order chi connectivity index (χ1) is 18.2. The Kier molecular flexibility index (Phi) is 5.98. The molecule has 0 saturated heterocycles. The lowest BCUT2D eigenvalue weighted by Gasteiger charge is -2.47. The highest BCUT2D eigenvalue weighted by molar-refractivity contribution is 8.16. The maximum atomic E-state index is 13.0. The number of anilines is 2. The molecule has 2 aliphatic rings. The molecule has 0 radical (unpaired) electrons. The van der Waals surface area contributed by atoms with E-state index in [0.717, 1.165) is 33.8 Å². The fraction of sp³-hybridized carbons (Fsp3) is 0.100. The number of hydrogen-bond donors (Lipinski definition) is 0. The van der Waals surface area contributed by atoms with Crippen LogP contribution in [0.2, 0.25) is 0 Å². The number of carbonyl (C=O) groups excluding carboxylic acids is 1. The summed E-state index contributed by atoms with van der Waals surface area (Å²) in [6.07, 6.45) is 0. The third-order valence-electron chi connectivity index (χ3n) is 6.24. The van der Waals surface area contributed by atoms with Gasteiger partial charge in [0.05, 0.1) is 23.7 Å². The molecule has 182 valence electrons. The lowest BCUT2D eigenvalue weighted by atomic mass is 9.93. The van der Waals surface area contributed by atoms with E-state index >= 15 is 0 Å². The predicted molar refractivity (Wildman–Crippen MR) is 150 cm³/mol. The normalized spacial score (nSPS) is 18.3. The second-order valence-electron chi connectivity index (χ2n) is 8.49. The summed E-state index contributed by atoms with van der Waals surface area (Å²) in [6.45, 7) is 2.07. The molecule has 1 unspecified atom stereocenters. The highest BCUT2D eigenvalue weighted by Gasteiger charge is 2.56. The Morgan fingerprint density at radius 1 is 0.757 bits per heavy atom. The Morgan fingerprint density at radius 3 is 1.92 bits per heavy atom. The molecular weight excluding hydrogens is 480 g/mol. The first kappa shape index (κ1) is 23.1. The molecular formula is C30H24N4O2S. The minimum Gasteiger partial charge on any atom is -0.461 e. The molecule has 2 heterocycles. The average Bonchev–Trinajstić information content (AvgIpc) is 3.36. The highest BCUT2D eigenvalue weighted by atomic mass is 32.2. The third-order valence-corrected chi connectivity index (χ3v) is 7.53. The van der Waals surface area contributed by atoms with E-state index < -0.39 is 11.0 Å². The van der Waals surface area contributed by atoms with Gasteiger partial charge in [0.2, 0.25) is 10.0 Å². The van der Waals surface area contributed by atoms with E-state index in [0.29, 0.717) is 0 Å². The van der Waals surface area contributed by atoms with Crippen molar-refractivity contribution < 1.29 is 9.53 Å². The first-order valence-corrected chi connectivity index (χ1v) is 12.9. The molecule has 1 spiro atoms. The van der Waals surface area contributed by atoms with Gasteiger partial charge < -0.3 is 4.74 Å². The molecule has 0 saturated carbocycles. The molecule has 0 aliphatic carbocycles. The quantitative estimate of drug-likeness (QED) is 0.303. The van der Waals surface area contributed by atoms with Crippen LogP contribution in [0.4, 0.5) is 11.4 Å². The number of fused-ring (bicyclic) bond motifs is 2. The van der Waals surface area contributed by atoms with Crippen molar-refractivity contribution in [2.24, 2.45) is 10.2 Å². The molecule has 0 bridgehead atoms. The molecule has 6 rings (SSSR count). The highest BCUT2D eigenvalue weighted by Crippen LogP contribution is 2.54. The van der Waals surface area contributed by atoms with Crippen LogP contribution in [-0.4, -0.2) is 23.3 Å². The van der Waals surface area contributed by atoms with Crippen LogP contribution in [0.25, 0.3) is 0 Å². The number of esters is 1. The summed E-state index contributed by atoms with van der Waals surface area (Å²) >= 11 is 1.35. The summed E-state index contributed by atoms with van der Waals surface area (Å²) in [5.41, 5.74) is 5.53. The number of thioether (sulfide) groups is 1. The summed E-state index contributed by atoms with van der Waals surface area (Å²) in [7, 11) is 0. The zero-order valence-electron chi connectivity index (χ0n) is 20.2. The van der Waals surface area contributed by atoms with Crippen LogP contribution in [0.1, 0.15) is 23.6 Å². The molecule has 0 aromatic heterocycles. The van der Waals surface area contributed by atoms with Gasteiger partial charge in [0.15, 0.2) is 0 Å². The van der Waals surface area contributed by atoms with Crippen LogP contribution >= 0.6 is 11.8 Å². The number of benzene rings is 4. The van der Waals surface area contributed by atoms with E-state index in [1.807, 2.05) is 101 Å². The third kappa shape index (κ3) is 3.88. The number of carbonyl (C=O) groups is 1. The lowest BCUT2D eigenvalue weighted by molar-refractivity contribution is -0.134. The fourth-order valence-corrected chi connectivity index (χ4v) is 5.94. The van der Waals surface area contributed by atoms with Gasteiger partial charge in [-0.05, 0) is 43.0 Å². The minimum absolute atomic E-state index is 0.270. The van der Waals surface area contributed by atoms with Crippen LogP contribution in [-0.2, 0) is 14.5 Å². The molecule has 7 heteroatoms. The van der Waals surface area contributed by atoms with Crippen molar-refractivity contribution in [3.05, 3.63) is 132 Å². The van der Waals surface area contributed by atoms with Crippen molar-refractivity contribution in [3.8, 4) is 0 Å². The first-order valence-electron chi connectivity index (χ1n) is 12.1. The molecule has 4 aromatic rings. The van der Waals surface area contributed by atoms with E-state index in [1.165, 1.54) is 11.8 Å². The number of hydrogen-bond acceptors (Lipinski definition) is 7. The Labute approximate surface area is 219 Å². The summed E-state index contributed by atoms with van der Waals surface area (Å²) in [5, 5.41) is 14.3. The summed E-state index contributed by atoms with van der Waals surface area (Å²) in [5.74, 6) is -0.450. The van der Waals surface area contributed by atoms with E-state index in [-0.39, 0.29) is 11.7 Å². The molecule has 0 N–H and O–H groups in total. The monoisotopic (exact) mass is 504 g/mol. The maximum Gasteiger partial charge on any atom is 0.365 e. The van der Waals surface area contributed by atoms with Gasteiger partial charge in [-0.15, -0.1) is 0 Å². The Hall–Kier alpha value is -4.36. The number of rotatable bonds is 5. The molecule has 2 aliphatic heterocycles. The van der Waals surface area contributed by atoms with Crippen molar-refractivity contribution in [2.45, 2.75) is 11.9 Å². The molecule has 0 fully saturated rings. The van der Waals surface area contributed by atoms with Crippen molar-refractivity contribution >= 4 is 39.9 Å². The van der Waals surface area contributed by atoms with Crippen LogP contribution in [0.3, 0.4) is 0 Å². The number of ether oxygens (including phenoxy) is 1. The van der Waals surface area contributed by atoms with Gasteiger partial charge in [-0.2, -0.15) is 10.2 Å². The van der Waals surface area contributed by atoms with Gasteiger partial charge in [0.25, 0.3) is 0 Å². The van der Waals surface area contributed by atoms with Gasteiger partial charge in [-0.1, -0.05) is 91.0 Å². The van der Waals surface area contributed by atoms with Crippen molar-refractivity contribution in [1.29, 1.82) is 0 Å². The SMILES string of the molecule is CCOC(=O)C1=NN(c2ccccc2)C2(S1)c1ccccc1C(c1ccccc1)=NN2c1ccccc1. The average molecular weight is 505 g/mol. The Balaban J connectivity index is 1.64. The standard InChI is InChI=1S/C30H24N4O2S/c1-2-36-29(35)28-32-34(24-18-10-5-11-19-24)30(37-28)26-21-13-12-20-25(26)27(22-14-6-3-7-15-22)31-33(30)23-16-8-4-9-17-23/h3-21H,2H2,1H3. The van der Waals surface area contributed by atoms with Crippen LogP contribution in [0.5, 0.6) is 0 Å². The van der Waals surface area contributed by atoms with Gasteiger partial charge in [-0.3, -0.25) is 0 Å². The van der Waals surface area contributed by atoms with Gasteiger partial charge in [0, 0.05) is 16.7 Å². The van der Waals surface area contributed by atoms with E-state index in [4.69, 9.17) is 14.9 Å². The number of nitrogens with zero attached hydrogens (tertiary/aromatic N) is 4. The van der Waals surface area contributed by atoms with Crippen LogP contribution < -0.4 is 10.0 Å². The van der Waals surface area contributed by atoms with E-state index in [1.54, 1.807) is 6.92 Å². The smallest absolute Gasteiger partial charge is 0.365 e. The fourth-order valence-electron chi connectivity index (χ4n) is 4.66. The van der Waals surface area contributed by atoms with Gasteiger partial charge >= 0.3 is 5.97 Å². The molecule has 37 heavy (non-hydrogen) atoms. The summed E-state index contributed by atoms with van der Waals surface area (Å²) in [6, 6.07) is 38.2. The topological polar surface area (TPSA) is 57.5 Å². The largest absolute Gasteiger partial charge is 0.461 e.